The zero-order valence-electron chi connectivity index (χ0n) is 15.3. The first kappa shape index (κ1) is 19.9. The predicted molar refractivity (Wildman–Crippen MR) is 99.6 cm³/mol. The molecule has 2 heteroatoms. The fourth-order valence-electron chi connectivity index (χ4n) is 2.63. The average Bonchev–Trinajstić information content (AvgIpc) is 2.59. The molecule has 23 heavy (non-hydrogen) atoms. The number of unbranched alkanes of at least 4 members (excludes halogenated alkanes) is 9. The number of ether oxygens (including phenoxy) is 2. The van der Waals surface area contributed by atoms with Crippen molar-refractivity contribution in [3.05, 3.63) is 24.3 Å². The molecule has 0 saturated heterocycles. The van der Waals surface area contributed by atoms with E-state index >= 15 is 0 Å². The fraction of sp³-hybridized carbons (Fsp3) is 0.714. The van der Waals surface area contributed by atoms with E-state index in [-0.39, 0.29) is 0 Å². The van der Waals surface area contributed by atoms with E-state index in [0.29, 0.717) is 0 Å². The number of hydrogen-bond acceptors (Lipinski definition) is 2. The maximum atomic E-state index is 5.78. The minimum Gasteiger partial charge on any atom is -0.494 e. The molecule has 1 rings (SSSR count). The molecule has 0 aromatic heterocycles. The summed E-state index contributed by atoms with van der Waals surface area (Å²) < 4.78 is 11.3. The highest BCUT2D eigenvalue weighted by Crippen LogP contribution is 2.18. The zero-order valence-corrected chi connectivity index (χ0v) is 15.3. The Bertz CT molecular complexity index is 359. The van der Waals surface area contributed by atoms with Gasteiger partial charge >= 0.3 is 0 Å². The molecule has 0 bridgehead atoms. The van der Waals surface area contributed by atoms with Crippen LogP contribution in [0.3, 0.4) is 0 Å². The normalized spacial score (nSPS) is 10.7. The maximum absolute atomic E-state index is 5.78. The molecule has 0 unspecified atom stereocenters. The molecule has 0 saturated carbocycles. The highest BCUT2D eigenvalue weighted by Gasteiger charge is 1.97. The zero-order chi connectivity index (χ0) is 16.6. The van der Waals surface area contributed by atoms with Gasteiger partial charge in [0.05, 0.1) is 13.2 Å². The summed E-state index contributed by atoms with van der Waals surface area (Å²) in [6.07, 6.45) is 14.6. The number of rotatable bonds is 15. The average molecular weight is 321 g/mol. The molecule has 0 spiro atoms. The van der Waals surface area contributed by atoms with Crippen molar-refractivity contribution in [1.82, 2.24) is 0 Å². The highest BCUT2D eigenvalue weighted by molar-refractivity contribution is 5.31. The van der Waals surface area contributed by atoms with Gasteiger partial charge in [-0.05, 0) is 37.1 Å². The van der Waals surface area contributed by atoms with Gasteiger partial charge in [0.1, 0.15) is 11.5 Å². The van der Waals surface area contributed by atoms with Crippen LogP contribution in [0.5, 0.6) is 11.5 Å². The minimum absolute atomic E-state index is 0.777. The van der Waals surface area contributed by atoms with E-state index in [4.69, 9.17) is 9.47 Å². The summed E-state index contributed by atoms with van der Waals surface area (Å²) in [5, 5.41) is 0. The van der Waals surface area contributed by atoms with Gasteiger partial charge < -0.3 is 9.47 Å². The Morgan fingerprint density at radius 2 is 0.957 bits per heavy atom. The van der Waals surface area contributed by atoms with Gasteiger partial charge in [-0.15, -0.1) is 0 Å². The molecule has 0 amide bonds. The number of hydrogen-bond donors (Lipinski definition) is 0. The lowest BCUT2D eigenvalue weighted by molar-refractivity contribution is 0.300. The fourth-order valence-corrected chi connectivity index (χ4v) is 2.63. The van der Waals surface area contributed by atoms with Crippen LogP contribution >= 0.6 is 0 Å². The minimum atomic E-state index is 0.777. The first-order valence-corrected chi connectivity index (χ1v) is 9.72. The van der Waals surface area contributed by atoms with E-state index in [2.05, 4.69) is 13.8 Å². The van der Waals surface area contributed by atoms with Gasteiger partial charge in [-0.25, -0.2) is 0 Å². The molecule has 2 nitrogen and oxygen atoms in total. The predicted octanol–water partition coefficient (Wildman–Crippen LogP) is 6.78. The monoisotopic (exact) mass is 320 g/mol. The second-order valence-electron chi connectivity index (χ2n) is 6.35. The van der Waals surface area contributed by atoms with Gasteiger partial charge in [0, 0.05) is 0 Å². The molecule has 0 atom stereocenters. The van der Waals surface area contributed by atoms with Crippen LogP contribution in [0.1, 0.15) is 84.5 Å². The first-order chi connectivity index (χ1) is 11.4. The van der Waals surface area contributed by atoms with E-state index < -0.39 is 0 Å². The van der Waals surface area contributed by atoms with Gasteiger partial charge in [0.25, 0.3) is 0 Å². The molecule has 0 aliphatic rings. The highest BCUT2D eigenvalue weighted by atomic mass is 16.5. The molecular weight excluding hydrogens is 284 g/mol. The van der Waals surface area contributed by atoms with Gasteiger partial charge in [0.15, 0.2) is 0 Å². The Balaban J connectivity index is 1.92. The molecule has 0 aliphatic carbocycles. The third kappa shape index (κ3) is 11.1. The quantitative estimate of drug-likeness (QED) is 0.332. The standard InChI is InChI=1S/C21H36O2/c1-3-5-6-7-8-9-10-11-12-13-19-23-21-16-14-20(15-17-21)22-18-4-2/h14-17H,3-13,18-19H2,1-2H3. The van der Waals surface area contributed by atoms with Crippen molar-refractivity contribution in [2.75, 3.05) is 13.2 Å². The smallest absolute Gasteiger partial charge is 0.119 e. The maximum Gasteiger partial charge on any atom is 0.119 e. The number of benzene rings is 1. The Hall–Kier alpha value is -1.18. The molecular formula is C21H36O2. The van der Waals surface area contributed by atoms with Crippen LogP contribution in [0.2, 0.25) is 0 Å². The van der Waals surface area contributed by atoms with Crippen LogP contribution < -0.4 is 9.47 Å². The van der Waals surface area contributed by atoms with Crippen LogP contribution in [-0.2, 0) is 0 Å². The second kappa shape index (κ2) is 14.4. The van der Waals surface area contributed by atoms with Crippen molar-refractivity contribution < 1.29 is 9.47 Å². The molecule has 1 aromatic rings. The molecule has 132 valence electrons. The summed E-state index contributed by atoms with van der Waals surface area (Å²) in [4.78, 5) is 0. The van der Waals surface area contributed by atoms with Crippen molar-refractivity contribution in [2.45, 2.75) is 84.5 Å². The van der Waals surface area contributed by atoms with Crippen molar-refractivity contribution >= 4 is 0 Å². The topological polar surface area (TPSA) is 18.5 Å². The van der Waals surface area contributed by atoms with Crippen molar-refractivity contribution in [3.63, 3.8) is 0 Å². The largest absolute Gasteiger partial charge is 0.494 e. The van der Waals surface area contributed by atoms with Crippen molar-refractivity contribution in [2.24, 2.45) is 0 Å². The van der Waals surface area contributed by atoms with Crippen molar-refractivity contribution in [3.8, 4) is 11.5 Å². The Morgan fingerprint density at radius 3 is 1.43 bits per heavy atom. The van der Waals surface area contributed by atoms with Crippen LogP contribution in [0.4, 0.5) is 0 Å². The van der Waals surface area contributed by atoms with Gasteiger partial charge in [-0.2, -0.15) is 0 Å². The Morgan fingerprint density at radius 1 is 0.522 bits per heavy atom. The van der Waals surface area contributed by atoms with Crippen LogP contribution in [0.25, 0.3) is 0 Å². The lowest BCUT2D eigenvalue weighted by atomic mass is 10.1. The van der Waals surface area contributed by atoms with E-state index in [9.17, 15) is 0 Å². The van der Waals surface area contributed by atoms with E-state index in [1.54, 1.807) is 0 Å². The summed E-state index contributed by atoms with van der Waals surface area (Å²) in [7, 11) is 0. The SMILES string of the molecule is CCCCCCCCCCCCOc1ccc(OCCC)cc1. The molecule has 0 N–H and O–H groups in total. The molecule has 0 aliphatic heterocycles. The summed E-state index contributed by atoms with van der Waals surface area (Å²) in [5.41, 5.74) is 0. The summed E-state index contributed by atoms with van der Waals surface area (Å²) in [5.74, 6) is 1.88. The summed E-state index contributed by atoms with van der Waals surface area (Å²) in [6.45, 7) is 5.99. The van der Waals surface area contributed by atoms with Crippen LogP contribution in [0.15, 0.2) is 24.3 Å². The van der Waals surface area contributed by atoms with Gasteiger partial charge in [-0.3, -0.25) is 0 Å². The van der Waals surface area contributed by atoms with E-state index in [1.807, 2.05) is 24.3 Å². The van der Waals surface area contributed by atoms with Crippen LogP contribution in [-0.4, -0.2) is 13.2 Å². The van der Waals surface area contributed by atoms with Gasteiger partial charge in [-0.1, -0.05) is 71.6 Å². The van der Waals surface area contributed by atoms with Crippen LogP contribution in [0, 0.1) is 0 Å². The first-order valence-electron chi connectivity index (χ1n) is 9.72. The van der Waals surface area contributed by atoms with E-state index in [0.717, 1.165) is 37.6 Å². The molecule has 0 heterocycles. The third-order valence-electron chi connectivity index (χ3n) is 4.06. The third-order valence-corrected chi connectivity index (χ3v) is 4.06. The lowest BCUT2D eigenvalue weighted by Gasteiger charge is -2.08. The summed E-state index contributed by atoms with van der Waals surface area (Å²) in [6, 6.07) is 7.98. The Kier molecular flexibility index (Phi) is 12.5. The molecule has 0 radical (unpaired) electrons. The van der Waals surface area contributed by atoms with E-state index in [1.165, 1.54) is 57.8 Å². The van der Waals surface area contributed by atoms with Crippen molar-refractivity contribution in [1.29, 1.82) is 0 Å². The lowest BCUT2D eigenvalue weighted by Crippen LogP contribution is -1.98. The van der Waals surface area contributed by atoms with Gasteiger partial charge in [0.2, 0.25) is 0 Å². The summed E-state index contributed by atoms with van der Waals surface area (Å²) >= 11 is 0. The second-order valence-corrected chi connectivity index (χ2v) is 6.35. The molecule has 1 aromatic carbocycles. The Labute approximate surface area is 143 Å². The molecule has 0 fully saturated rings.